The highest BCUT2D eigenvalue weighted by Gasteiger charge is 2.38. The lowest BCUT2D eigenvalue weighted by Gasteiger charge is -2.37. The number of carboxylic acid groups (broad SMARTS) is 1. The van der Waals surface area contributed by atoms with Crippen LogP contribution in [0.3, 0.4) is 0 Å². The van der Waals surface area contributed by atoms with Crippen molar-refractivity contribution >= 4 is 12.0 Å². The number of carbonyl (C=O) groups is 2. The van der Waals surface area contributed by atoms with Gasteiger partial charge >= 0.3 is 12.0 Å². The Kier molecular flexibility index (Phi) is 5.98. The summed E-state index contributed by atoms with van der Waals surface area (Å²) in [6, 6.07) is -0.485. The zero-order valence-corrected chi connectivity index (χ0v) is 13.0. The fraction of sp³-hybridized carbons (Fsp3) is 0.857. The maximum atomic E-state index is 12.2. The first kappa shape index (κ1) is 17.7. The van der Waals surface area contributed by atoms with Crippen LogP contribution in [0.4, 0.5) is 4.79 Å². The van der Waals surface area contributed by atoms with E-state index in [0.29, 0.717) is 38.9 Å². The number of ether oxygens (including phenoxy) is 1. The Bertz CT molecular complexity index is 376. The van der Waals surface area contributed by atoms with Crippen LogP contribution in [0.25, 0.3) is 0 Å². The van der Waals surface area contributed by atoms with Crippen LogP contribution in [0.15, 0.2) is 0 Å². The molecular weight excluding hydrogens is 276 g/mol. The lowest BCUT2D eigenvalue weighted by atomic mass is 9.92. The molecule has 0 aliphatic carbocycles. The van der Waals surface area contributed by atoms with Gasteiger partial charge in [0.05, 0.1) is 12.1 Å². The number of hydrogen-bond acceptors (Lipinski definition) is 4. The third kappa shape index (κ3) is 4.31. The van der Waals surface area contributed by atoms with Crippen LogP contribution in [-0.2, 0) is 9.53 Å². The van der Waals surface area contributed by atoms with Crippen LogP contribution >= 0.6 is 0 Å². The number of aliphatic hydroxyl groups is 1. The third-order valence-electron chi connectivity index (χ3n) is 4.26. The molecule has 0 aromatic heterocycles. The van der Waals surface area contributed by atoms with Crippen LogP contribution in [0, 0.1) is 0 Å². The van der Waals surface area contributed by atoms with E-state index in [1.54, 1.807) is 20.9 Å². The zero-order chi connectivity index (χ0) is 16.1. The number of hydrogen-bond donors (Lipinski definition) is 3. The summed E-state index contributed by atoms with van der Waals surface area (Å²) < 4.78 is 5.20. The quantitative estimate of drug-likeness (QED) is 0.674. The summed E-state index contributed by atoms with van der Waals surface area (Å²) in [7, 11) is 1.56. The monoisotopic (exact) mass is 302 g/mol. The molecule has 0 spiro atoms. The highest BCUT2D eigenvalue weighted by molar-refractivity contribution is 5.86. The Morgan fingerprint density at radius 2 is 1.81 bits per heavy atom. The third-order valence-corrected chi connectivity index (χ3v) is 4.26. The van der Waals surface area contributed by atoms with Gasteiger partial charge in [-0.1, -0.05) is 13.8 Å². The normalized spacial score (nSPS) is 18.1. The Balaban J connectivity index is 2.67. The molecule has 0 aromatic carbocycles. The van der Waals surface area contributed by atoms with Crippen molar-refractivity contribution in [2.45, 2.75) is 50.7 Å². The average Bonchev–Trinajstić information content (AvgIpc) is 2.44. The van der Waals surface area contributed by atoms with E-state index >= 15 is 0 Å². The predicted molar refractivity (Wildman–Crippen MR) is 77.1 cm³/mol. The number of likely N-dealkylation sites (N-methyl/N-ethyl adjacent to an activating group) is 1. The molecule has 21 heavy (non-hydrogen) atoms. The van der Waals surface area contributed by atoms with Crippen molar-refractivity contribution in [3.63, 3.8) is 0 Å². The number of urea groups is 1. The standard InChI is InChI=1S/C14H26N2O5/c1-4-14(5-2,11(17)18)15-12(19)16(3)10-13(20)6-8-21-9-7-13/h20H,4-10H2,1-3H3,(H,15,19)(H,17,18). The smallest absolute Gasteiger partial charge is 0.329 e. The van der Waals surface area contributed by atoms with E-state index in [1.807, 2.05) is 0 Å². The van der Waals surface area contributed by atoms with Crippen molar-refractivity contribution in [2.24, 2.45) is 0 Å². The summed E-state index contributed by atoms with van der Waals surface area (Å²) in [6.07, 6.45) is 1.54. The van der Waals surface area contributed by atoms with Crippen molar-refractivity contribution in [3.8, 4) is 0 Å². The van der Waals surface area contributed by atoms with E-state index in [1.165, 1.54) is 4.90 Å². The van der Waals surface area contributed by atoms with Gasteiger partial charge in [0, 0.05) is 33.1 Å². The first-order chi connectivity index (χ1) is 9.78. The highest BCUT2D eigenvalue weighted by atomic mass is 16.5. The number of carboxylic acids is 1. The molecule has 7 nitrogen and oxygen atoms in total. The molecule has 1 fully saturated rings. The Hall–Kier alpha value is -1.34. The maximum absolute atomic E-state index is 12.2. The summed E-state index contributed by atoms with van der Waals surface area (Å²) in [5, 5.41) is 22.3. The van der Waals surface area contributed by atoms with Gasteiger partial charge in [0.1, 0.15) is 5.54 Å². The lowest BCUT2D eigenvalue weighted by molar-refractivity contribution is -0.144. The van der Waals surface area contributed by atoms with Crippen LogP contribution in [-0.4, -0.2) is 65.1 Å². The molecule has 1 aliphatic heterocycles. The topological polar surface area (TPSA) is 99.1 Å². The predicted octanol–water partition coefficient (Wildman–Crippen LogP) is 0.813. The van der Waals surface area contributed by atoms with Crippen LogP contribution < -0.4 is 5.32 Å². The lowest BCUT2D eigenvalue weighted by Crippen LogP contribution is -2.58. The fourth-order valence-corrected chi connectivity index (χ4v) is 2.51. The van der Waals surface area contributed by atoms with E-state index < -0.39 is 23.1 Å². The Morgan fingerprint density at radius 3 is 2.24 bits per heavy atom. The SMILES string of the molecule is CCC(CC)(NC(=O)N(C)CC1(O)CCOCC1)C(=O)O. The first-order valence-corrected chi connectivity index (χ1v) is 7.35. The van der Waals surface area contributed by atoms with Crippen molar-refractivity contribution in [3.05, 3.63) is 0 Å². The van der Waals surface area contributed by atoms with Crippen molar-refractivity contribution in [2.75, 3.05) is 26.8 Å². The molecule has 1 rings (SSSR count). The summed E-state index contributed by atoms with van der Waals surface area (Å²) in [5.41, 5.74) is -2.22. The van der Waals surface area contributed by atoms with E-state index in [9.17, 15) is 19.8 Å². The molecule has 0 unspecified atom stereocenters. The number of carbonyl (C=O) groups excluding carboxylic acids is 1. The molecule has 0 aromatic rings. The molecule has 1 heterocycles. The minimum absolute atomic E-state index is 0.158. The Morgan fingerprint density at radius 1 is 1.29 bits per heavy atom. The molecule has 3 N–H and O–H groups in total. The summed E-state index contributed by atoms with van der Waals surface area (Å²) >= 11 is 0. The van der Waals surface area contributed by atoms with Crippen molar-refractivity contribution < 1.29 is 24.5 Å². The van der Waals surface area contributed by atoms with Crippen molar-refractivity contribution in [1.82, 2.24) is 10.2 Å². The van der Waals surface area contributed by atoms with Gasteiger partial charge < -0.3 is 25.2 Å². The van der Waals surface area contributed by atoms with Crippen LogP contribution in [0.5, 0.6) is 0 Å². The number of nitrogens with zero attached hydrogens (tertiary/aromatic N) is 1. The number of aliphatic carboxylic acids is 1. The van der Waals surface area contributed by atoms with Crippen molar-refractivity contribution in [1.29, 1.82) is 0 Å². The second-order valence-electron chi connectivity index (χ2n) is 5.72. The van der Waals surface area contributed by atoms with E-state index in [2.05, 4.69) is 5.32 Å². The molecule has 0 saturated carbocycles. The van der Waals surface area contributed by atoms with Gasteiger partial charge in [0.15, 0.2) is 0 Å². The summed E-state index contributed by atoms with van der Waals surface area (Å²) in [4.78, 5) is 24.9. The largest absolute Gasteiger partial charge is 0.480 e. The molecule has 1 aliphatic rings. The zero-order valence-electron chi connectivity index (χ0n) is 13.0. The molecule has 2 amide bonds. The number of nitrogens with one attached hydrogen (secondary N) is 1. The molecular formula is C14H26N2O5. The van der Waals surface area contributed by atoms with E-state index in [-0.39, 0.29) is 6.54 Å². The number of rotatable bonds is 6. The van der Waals surface area contributed by atoms with E-state index in [4.69, 9.17) is 4.74 Å². The highest BCUT2D eigenvalue weighted by Crippen LogP contribution is 2.22. The van der Waals surface area contributed by atoms with Gasteiger partial charge in [0.25, 0.3) is 0 Å². The van der Waals surface area contributed by atoms with Crippen LogP contribution in [0.1, 0.15) is 39.5 Å². The molecule has 0 radical (unpaired) electrons. The molecule has 0 bridgehead atoms. The Labute approximate surface area is 125 Å². The second-order valence-corrected chi connectivity index (χ2v) is 5.72. The van der Waals surface area contributed by atoms with Gasteiger partial charge in [0.2, 0.25) is 0 Å². The maximum Gasteiger partial charge on any atom is 0.329 e. The molecule has 1 saturated heterocycles. The molecule has 7 heteroatoms. The minimum Gasteiger partial charge on any atom is -0.480 e. The molecule has 0 atom stereocenters. The minimum atomic E-state index is -1.26. The first-order valence-electron chi connectivity index (χ1n) is 7.35. The van der Waals surface area contributed by atoms with E-state index in [0.717, 1.165) is 0 Å². The summed E-state index contributed by atoms with van der Waals surface area (Å²) in [5.74, 6) is -1.04. The second kappa shape index (κ2) is 7.09. The van der Waals surface area contributed by atoms with Gasteiger partial charge in [-0.2, -0.15) is 0 Å². The van der Waals surface area contributed by atoms with Crippen LogP contribution in [0.2, 0.25) is 0 Å². The van der Waals surface area contributed by atoms with Gasteiger partial charge in [-0.15, -0.1) is 0 Å². The summed E-state index contributed by atoms with van der Waals surface area (Å²) in [6.45, 7) is 4.54. The fourth-order valence-electron chi connectivity index (χ4n) is 2.51. The van der Waals surface area contributed by atoms with Gasteiger partial charge in [-0.3, -0.25) is 0 Å². The molecule has 122 valence electrons. The number of amides is 2. The van der Waals surface area contributed by atoms with Gasteiger partial charge in [-0.25, -0.2) is 9.59 Å². The average molecular weight is 302 g/mol. The van der Waals surface area contributed by atoms with Gasteiger partial charge in [-0.05, 0) is 12.8 Å².